The minimum absolute atomic E-state index is 0.167. The fraction of sp³-hybridized carbons (Fsp3) is 0.533. The van der Waals surface area contributed by atoms with Gasteiger partial charge < -0.3 is 10.1 Å². The lowest BCUT2D eigenvalue weighted by Gasteiger charge is -2.25. The van der Waals surface area contributed by atoms with Crippen LogP contribution in [0.5, 0.6) is 0 Å². The summed E-state index contributed by atoms with van der Waals surface area (Å²) in [5, 5.41) is 3.87. The second-order valence-electron chi connectivity index (χ2n) is 4.43. The molecule has 0 saturated heterocycles. The summed E-state index contributed by atoms with van der Waals surface area (Å²) >= 11 is 1.63. The maximum absolute atomic E-state index is 11.2. The number of nitrogens with one attached hydrogen (secondary N) is 1. The highest BCUT2D eigenvalue weighted by atomic mass is 32.2. The molecule has 1 N–H and O–H groups in total. The number of hydrogen-bond donors (Lipinski definition) is 1. The zero-order valence-electron chi connectivity index (χ0n) is 11.9. The van der Waals surface area contributed by atoms with Crippen molar-refractivity contribution in [3.63, 3.8) is 0 Å². The van der Waals surface area contributed by atoms with Gasteiger partial charge in [-0.05, 0) is 18.5 Å². The van der Waals surface area contributed by atoms with Crippen LogP contribution in [0.4, 0.5) is 0 Å². The molecule has 4 heteroatoms. The van der Waals surface area contributed by atoms with Crippen LogP contribution in [-0.4, -0.2) is 30.6 Å². The molecule has 2 unspecified atom stereocenters. The van der Waals surface area contributed by atoms with E-state index in [1.807, 2.05) is 18.2 Å². The van der Waals surface area contributed by atoms with E-state index >= 15 is 0 Å². The third kappa shape index (κ3) is 5.66. The number of carbonyl (C=O) groups is 1. The molecule has 0 aromatic heterocycles. The van der Waals surface area contributed by atoms with Crippen molar-refractivity contribution in [2.45, 2.75) is 31.6 Å². The van der Waals surface area contributed by atoms with E-state index in [1.165, 1.54) is 12.7 Å². The molecule has 0 saturated carbocycles. The summed E-state index contributed by atoms with van der Waals surface area (Å²) in [5.74, 6) is 0.230. The predicted octanol–water partition coefficient (Wildman–Crippen LogP) is 3.02. The van der Waals surface area contributed by atoms with Crippen LogP contribution in [-0.2, 0) is 9.53 Å². The number of benzene rings is 1. The Balaban J connectivity index is 2.65. The fourth-order valence-corrected chi connectivity index (χ4v) is 2.83. The van der Waals surface area contributed by atoms with Crippen LogP contribution in [0.1, 0.15) is 31.9 Å². The Bertz CT molecular complexity index is 370. The van der Waals surface area contributed by atoms with Gasteiger partial charge in [0, 0.05) is 11.3 Å². The molecule has 106 valence electrons. The Hall–Kier alpha value is -1.00. The van der Waals surface area contributed by atoms with Gasteiger partial charge in [-0.25, -0.2) is 0 Å². The summed E-state index contributed by atoms with van der Waals surface area (Å²) in [6.07, 6.45) is 1.09. The molecule has 1 rings (SSSR count). The van der Waals surface area contributed by atoms with Crippen molar-refractivity contribution < 1.29 is 9.53 Å². The van der Waals surface area contributed by atoms with Gasteiger partial charge in [0.05, 0.1) is 12.9 Å². The summed E-state index contributed by atoms with van der Waals surface area (Å²) < 4.78 is 4.69. The normalized spacial score (nSPS) is 13.8. The van der Waals surface area contributed by atoms with Gasteiger partial charge in [0.2, 0.25) is 0 Å². The first-order valence-corrected chi connectivity index (χ1v) is 7.70. The number of thioether (sulfide) groups is 1. The Morgan fingerprint density at radius 2 is 2.05 bits per heavy atom. The van der Waals surface area contributed by atoms with E-state index in [1.54, 1.807) is 11.8 Å². The third-order valence-corrected chi connectivity index (χ3v) is 4.13. The van der Waals surface area contributed by atoms with Crippen molar-refractivity contribution in [3.05, 3.63) is 35.9 Å². The number of rotatable bonds is 8. The molecular formula is C15H23NO2S. The van der Waals surface area contributed by atoms with Crippen molar-refractivity contribution in [1.29, 1.82) is 0 Å². The molecule has 3 nitrogen and oxygen atoms in total. The highest BCUT2D eigenvalue weighted by Gasteiger charge is 2.19. The third-order valence-electron chi connectivity index (χ3n) is 2.93. The Morgan fingerprint density at radius 3 is 2.63 bits per heavy atom. The lowest BCUT2D eigenvalue weighted by molar-refractivity contribution is -0.137. The summed E-state index contributed by atoms with van der Waals surface area (Å²) in [6.45, 7) is 5.28. The molecule has 2 atom stereocenters. The number of esters is 1. The highest BCUT2D eigenvalue weighted by molar-refractivity contribution is 8.00. The lowest BCUT2D eigenvalue weighted by Crippen LogP contribution is -2.30. The molecule has 1 aromatic rings. The minimum Gasteiger partial charge on any atom is -0.468 e. The van der Waals surface area contributed by atoms with Crippen LogP contribution in [0.3, 0.4) is 0 Å². The molecule has 0 amide bonds. The van der Waals surface area contributed by atoms with E-state index in [0.717, 1.165) is 13.0 Å². The molecule has 0 spiro atoms. The van der Waals surface area contributed by atoms with Crippen LogP contribution in [0.2, 0.25) is 0 Å². The Kier molecular flexibility index (Phi) is 7.60. The van der Waals surface area contributed by atoms with Crippen molar-refractivity contribution >= 4 is 17.7 Å². The molecule has 0 fully saturated rings. The summed E-state index contributed by atoms with van der Waals surface area (Å²) in [6, 6.07) is 10.6. The van der Waals surface area contributed by atoms with Gasteiger partial charge in [0.25, 0.3) is 0 Å². The minimum atomic E-state index is -0.167. The predicted molar refractivity (Wildman–Crippen MR) is 81.4 cm³/mol. The van der Waals surface area contributed by atoms with Crippen molar-refractivity contribution in [3.8, 4) is 0 Å². The molecule has 0 heterocycles. The van der Waals surface area contributed by atoms with Crippen LogP contribution in [0.25, 0.3) is 0 Å². The first-order valence-electron chi connectivity index (χ1n) is 6.65. The smallest absolute Gasteiger partial charge is 0.315 e. The van der Waals surface area contributed by atoms with Gasteiger partial charge in [0.15, 0.2) is 0 Å². The molecule has 19 heavy (non-hydrogen) atoms. The van der Waals surface area contributed by atoms with Gasteiger partial charge in [0.1, 0.15) is 0 Å². The number of hydrogen-bond acceptors (Lipinski definition) is 4. The molecule has 0 bridgehead atoms. The van der Waals surface area contributed by atoms with E-state index in [4.69, 9.17) is 0 Å². The van der Waals surface area contributed by atoms with Gasteiger partial charge in [-0.15, -0.1) is 11.8 Å². The number of ether oxygens (including phenoxy) is 1. The summed E-state index contributed by atoms with van der Waals surface area (Å²) in [5.41, 5.74) is 1.26. The molecule has 1 aromatic carbocycles. The molecular weight excluding hydrogens is 258 g/mol. The maximum Gasteiger partial charge on any atom is 0.315 e. The van der Waals surface area contributed by atoms with Gasteiger partial charge >= 0.3 is 5.97 Å². The van der Waals surface area contributed by atoms with Crippen molar-refractivity contribution in [2.75, 3.05) is 19.4 Å². The molecule has 0 radical (unpaired) electrons. The van der Waals surface area contributed by atoms with E-state index < -0.39 is 0 Å². The fourth-order valence-electron chi connectivity index (χ4n) is 1.87. The molecule has 0 aliphatic rings. The largest absolute Gasteiger partial charge is 0.468 e. The summed E-state index contributed by atoms with van der Waals surface area (Å²) in [4.78, 5) is 11.2. The van der Waals surface area contributed by atoms with E-state index in [0.29, 0.717) is 11.0 Å². The maximum atomic E-state index is 11.2. The van der Waals surface area contributed by atoms with E-state index in [2.05, 4.69) is 36.0 Å². The van der Waals surface area contributed by atoms with Crippen LogP contribution < -0.4 is 5.32 Å². The van der Waals surface area contributed by atoms with E-state index in [9.17, 15) is 4.79 Å². The Labute approximate surface area is 120 Å². The number of carbonyl (C=O) groups excluding carboxylic acids is 1. The zero-order valence-corrected chi connectivity index (χ0v) is 12.7. The highest BCUT2D eigenvalue weighted by Crippen LogP contribution is 2.26. The quantitative estimate of drug-likeness (QED) is 0.743. The SMILES string of the molecule is CCCNC(c1ccccc1)C(C)SCC(=O)OC. The zero-order chi connectivity index (χ0) is 14.1. The summed E-state index contributed by atoms with van der Waals surface area (Å²) in [7, 11) is 1.43. The van der Waals surface area contributed by atoms with Crippen LogP contribution >= 0.6 is 11.8 Å². The van der Waals surface area contributed by atoms with Crippen molar-refractivity contribution in [2.24, 2.45) is 0 Å². The first kappa shape index (κ1) is 16.1. The van der Waals surface area contributed by atoms with E-state index in [-0.39, 0.29) is 12.0 Å². The van der Waals surface area contributed by atoms with Gasteiger partial charge in [-0.2, -0.15) is 0 Å². The Morgan fingerprint density at radius 1 is 1.37 bits per heavy atom. The van der Waals surface area contributed by atoms with Gasteiger partial charge in [-0.1, -0.05) is 44.2 Å². The lowest BCUT2D eigenvalue weighted by atomic mass is 10.0. The van der Waals surface area contributed by atoms with Crippen LogP contribution in [0, 0.1) is 0 Å². The van der Waals surface area contributed by atoms with Crippen LogP contribution in [0.15, 0.2) is 30.3 Å². The first-order chi connectivity index (χ1) is 9.19. The second kappa shape index (κ2) is 8.99. The van der Waals surface area contributed by atoms with Gasteiger partial charge in [-0.3, -0.25) is 4.79 Å². The second-order valence-corrected chi connectivity index (χ2v) is 5.80. The standard InChI is InChI=1S/C15H23NO2S/c1-4-10-16-15(13-8-6-5-7-9-13)12(2)19-11-14(17)18-3/h5-9,12,15-16H,4,10-11H2,1-3H3. The number of methoxy groups -OCH3 is 1. The average molecular weight is 281 g/mol. The topological polar surface area (TPSA) is 38.3 Å². The monoisotopic (exact) mass is 281 g/mol. The average Bonchev–Trinajstić information content (AvgIpc) is 2.46. The molecule has 0 aliphatic carbocycles. The van der Waals surface area contributed by atoms with Crippen molar-refractivity contribution in [1.82, 2.24) is 5.32 Å². The molecule has 0 aliphatic heterocycles.